The normalized spacial score (nSPS) is 11.0. The zero-order valence-corrected chi connectivity index (χ0v) is 19.4. The summed E-state index contributed by atoms with van der Waals surface area (Å²) in [5.74, 6) is 2.39. The van der Waals surface area contributed by atoms with E-state index in [2.05, 4.69) is 28.5 Å². The number of hydrogen-bond donors (Lipinski definition) is 1. The van der Waals surface area contributed by atoms with E-state index in [4.69, 9.17) is 16.0 Å². The summed E-state index contributed by atoms with van der Waals surface area (Å²) in [7, 11) is 0. The maximum absolute atomic E-state index is 12.4. The summed E-state index contributed by atoms with van der Waals surface area (Å²) in [6.45, 7) is 5.14. The van der Waals surface area contributed by atoms with E-state index in [0.29, 0.717) is 17.3 Å². The molecule has 0 aliphatic heterocycles. The van der Waals surface area contributed by atoms with Crippen molar-refractivity contribution in [2.24, 2.45) is 0 Å². The van der Waals surface area contributed by atoms with Gasteiger partial charge in [0.25, 0.3) is 0 Å². The molecule has 4 aromatic rings. The second kappa shape index (κ2) is 10.1. The first-order valence-corrected chi connectivity index (χ1v) is 11.6. The minimum absolute atomic E-state index is 0.0949. The molecule has 2 aromatic heterocycles. The fourth-order valence-corrected chi connectivity index (χ4v) is 4.27. The molecule has 6 nitrogen and oxygen atoms in total. The summed E-state index contributed by atoms with van der Waals surface area (Å²) in [4.78, 5) is 12.4. The molecule has 0 aliphatic carbocycles. The van der Waals surface area contributed by atoms with E-state index in [1.54, 1.807) is 0 Å². The molecule has 0 radical (unpaired) electrons. The van der Waals surface area contributed by atoms with Gasteiger partial charge in [-0.15, -0.1) is 10.2 Å². The first kappa shape index (κ1) is 22.2. The van der Waals surface area contributed by atoms with E-state index >= 15 is 0 Å². The quantitative estimate of drug-likeness (QED) is 0.342. The molecule has 2 aromatic carbocycles. The van der Waals surface area contributed by atoms with Crippen LogP contribution in [-0.2, 0) is 17.9 Å². The Balaban J connectivity index is 1.34. The number of nitrogens with zero attached hydrogens (tertiary/aromatic N) is 3. The summed E-state index contributed by atoms with van der Waals surface area (Å²) >= 11 is 7.31. The first-order valence-electron chi connectivity index (χ1n) is 10.3. The molecule has 0 bridgehead atoms. The molecule has 0 aliphatic rings. The Morgan fingerprint density at radius 3 is 2.62 bits per heavy atom. The highest BCUT2D eigenvalue weighted by Crippen LogP contribution is 2.26. The number of furan rings is 1. The van der Waals surface area contributed by atoms with Crippen molar-refractivity contribution in [1.29, 1.82) is 0 Å². The van der Waals surface area contributed by atoms with Crippen LogP contribution in [0.5, 0.6) is 0 Å². The van der Waals surface area contributed by atoms with Gasteiger partial charge < -0.3 is 14.3 Å². The summed E-state index contributed by atoms with van der Waals surface area (Å²) in [6.07, 6.45) is 0. The van der Waals surface area contributed by atoms with Gasteiger partial charge in [-0.25, -0.2) is 0 Å². The Morgan fingerprint density at radius 2 is 1.88 bits per heavy atom. The minimum atomic E-state index is -0.0949. The van der Waals surface area contributed by atoms with Crippen LogP contribution in [0.15, 0.2) is 70.2 Å². The van der Waals surface area contributed by atoms with Crippen LogP contribution in [-0.4, -0.2) is 26.4 Å². The average molecular weight is 467 g/mol. The second-order valence-electron chi connectivity index (χ2n) is 7.20. The highest BCUT2D eigenvalue weighted by atomic mass is 35.5. The molecule has 2 heterocycles. The molecular formula is C24H23ClN4O2S. The number of benzene rings is 2. The number of rotatable bonds is 8. The van der Waals surface area contributed by atoms with E-state index in [9.17, 15) is 4.79 Å². The largest absolute Gasteiger partial charge is 0.459 e. The van der Waals surface area contributed by atoms with Crippen molar-refractivity contribution >= 4 is 29.3 Å². The molecular weight excluding hydrogens is 444 g/mol. The van der Waals surface area contributed by atoms with Gasteiger partial charge in [0.15, 0.2) is 11.0 Å². The third kappa shape index (κ3) is 5.06. The molecule has 1 amide bonds. The maximum atomic E-state index is 12.4. The smallest absolute Gasteiger partial charge is 0.230 e. The number of halogens is 1. The molecule has 164 valence electrons. The van der Waals surface area contributed by atoms with E-state index in [-0.39, 0.29) is 11.7 Å². The lowest BCUT2D eigenvalue weighted by Crippen LogP contribution is -2.24. The van der Waals surface area contributed by atoms with Crippen LogP contribution in [0.4, 0.5) is 0 Å². The van der Waals surface area contributed by atoms with Gasteiger partial charge >= 0.3 is 0 Å². The number of thioether (sulfide) groups is 1. The van der Waals surface area contributed by atoms with Crippen molar-refractivity contribution in [1.82, 2.24) is 20.1 Å². The molecule has 0 saturated carbocycles. The maximum Gasteiger partial charge on any atom is 0.230 e. The Morgan fingerprint density at radius 1 is 1.09 bits per heavy atom. The fourth-order valence-electron chi connectivity index (χ4n) is 3.31. The lowest BCUT2D eigenvalue weighted by molar-refractivity contribution is -0.118. The summed E-state index contributed by atoms with van der Waals surface area (Å²) < 4.78 is 7.86. The van der Waals surface area contributed by atoms with Crippen LogP contribution in [0, 0.1) is 6.92 Å². The second-order valence-corrected chi connectivity index (χ2v) is 8.58. The number of carbonyl (C=O) groups is 1. The molecule has 1 N–H and O–H groups in total. The van der Waals surface area contributed by atoms with Gasteiger partial charge in [0.05, 0.1) is 12.3 Å². The predicted octanol–water partition coefficient (Wildman–Crippen LogP) is 5.60. The summed E-state index contributed by atoms with van der Waals surface area (Å²) in [5.41, 5.74) is 3.12. The lowest BCUT2D eigenvalue weighted by atomic mass is 10.1. The summed E-state index contributed by atoms with van der Waals surface area (Å²) in [6, 6.07) is 19.3. The van der Waals surface area contributed by atoms with E-state index in [0.717, 1.165) is 40.0 Å². The van der Waals surface area contributed by atoms with Crippen LogP contribution >= 0.6 is 23.4 Å². The predicted molar refractivity (Wildman–Crippen MR) is 128 cm³/mol. The topological polar surface area (TPSA) is 73.0 Å². The third-order valence-corrected chi connectivity index (χ3v) is 6.22. The van der Waals surface area contributed by atoms with Gasteiger partial charge in [0.2, 0.25) is 5.91 Å². The van der Waals surface area contributed by atoms with Gasteiger partial charge in [-0.3, -0.25) is 4.79 Å². The first-order chi connectivity index (χ1) is 15.5. The van der Waals surface area contributed by atoms with Crippen molar-refractivity contribution in [3.63, 3.8) is 0 Å². The van der Waals surface area contributed by atoms with Gasteiger partial charge in [0, 0.05) is 22.7 Å². The summed E-state index contributed by atoms with van der Waals surface area (Å²) in [5, 5.41) is 13.0. The number of aromatic nitrogens is 3. The van der Waals surface area contributed by atoms with Crippen LogP contribution < -0.4 is 5.32 Å². The number of amides is 1. The molecule has 32 heavy (non-hydrogen) atoms. The number of nitrogens with one attached hydrogen (secondary N) is 1. The Kier molecular flexibility index (Phi) is 6.97. The SMILES string of the molecule is CCn1c(SCC(=O)NCc2ccc(-c3ccc(Cl)cc3)o2)nnc1-c1ccccc1C. The van der Waals surface area contributed by atoms with Crippen LogP contribution in [0.3, 0.4) is 0 Å². The number of aryl methyl sites for hydroxylation is 1. The third-order valence-electron chi connectivity index (χ3n) is 5.00. The molecule has 8 heteroatoms. The fraction of sp³-hybridized carbons (Fsp3) is 0.208. The zero-order valence-electron chi connectivity index (χ0n) is 17.8. The Labute approximate surface area is 196 Å². The van der Waals surface area contributed by atoms with E-state index < -0.39 is 0 Å². The zero-order chi connectivity index (χ0) is 22.5. The molecule has 0 unspecified atom stereocenters. The minimum Gasteiger partial charge on any atom is -0.459 e. The Hall–Kier alpha value is -3.03. The van der Waals surface area contributed by atoms with E-state index in [1.165, 1.54) is 11.8 Å². The van der Waals surface area contributed by atoms with Crippen molar-refractivity contribution in [2.75, 3.05) is 5.75 Å². The average Bonchev–Trinajstić information content (AvgIpc) is 3.44. The molecule has 4 rings (SSSR count). The van der Waals surface area contributed by atoms with Crippen LogP contribution in [0.2, 0.25) is 5.02 Å². The molecule has 0 spiro atoms. The van der Waals surface area contributed by atoms with Crippen molar-refractivity contribution in [2.45, 2.75) is 32.1 Å². The Bertz CT molecular complexity index is 1220. The van der Waals surface area contributed by atoms with Gasteiger partial charge in [0.1, 0.15) is 11.5 Å². The highest BCUT2D eigenvalue weighted by Gasteiger charge is 2.16. The molecule has 0 atom stereocenters. The van der Waals surface area contributed by atoms with Crippen LogP contribution in [0.25, 0.3) is 22.7 Å². The lowest BCUT2D eigenvalue weighted by Gasteiger charge is -2.09. The number of hydrogen-bond acceptors (Lipinski definition) is 5. The molecule has 0 saturated heterocycles. The van der Waals surface area contributed by atoms with Gasteiger partial charge in [-0.05, 0) is 55.8 Å². The standard InChI is InChI=1S/C24H23ClN4O2S/c1-3-29-23(20-7-5-4-6-16(20)2)27-28-24(29)32-15-22(30)26-14-19-12-13-21(31-19)17-8-10-18(25)11-9-17/h4-13H,3,14-15H2,1-2H3,(H,26,30). The van der Waals surface area contributed by atoms with Crippen LogP contribution in [0.1, 0.15) is 18.2 Å². The van der Waals surface area contributed by atoms with Crippen molar-refractivity contribution < 1.29 is 9.21 Å². The molecule has 0 fully saturated rings. The highest BCUT2D eigenvalue weighted by molar-refractivity contribution is 7.99. The number of carbonyl (C=O) groups excluding carboxylic acids is 1. The van der Waals surface area contributed by atoms with E-state index in [1.807, 2.05) is 66.1 Å². The van der Waals surface area contributed by atoms with Crippen molar-refractivity contribution in [3.05, 3.63) is 77.0 Å². The van der Waals surface area contributed by atoms with Gasteiger partial charge in [-0.1, -0.05) is 47.6 Å². The van der Waals surface area contributed by atoms with Gasteiger partial charge in [-0.2, -0.15) is 0 Å². The van der Waals surface area contributed by atoms with Crippen molar-refractivity contribution in [3.8, 4) is 22.7 Å². The monoisotopic (exact) mass is 466 g/mol.